The molecule has 17 heavy (non-hydrogen) atoms. The van der Waals surface area contributed by atoms with Crippen LogP contribution in [0.4, 0.5) is 0 Å². The summed E-state index contributed by atoms with van der Waals surface area (Å²) in [7, 11) is 2.22. The highest BCUT2D eigenvalue weighted by molar-refractivity contribution is 7.09. The molecule has 0 saturated carbocycles. The monoisotopic (exact) mass is 275 g/mol. The molecule has 1 aliphatic heterocycles. The highest BCUT2D eigenvalue weighted by Crippen LogP contribution is 2.16. The Bertz CT molecular complexity index is 323. The fourth-order valence-corrected chi connectivity index (χ4v) is 2.95. The normalized spacial score (nSPS) is 17.1. The third kappa shape index (κ3) is 4.21. The lowest BCUT2D eigenvalue weighted by Gasteiger charge is -2.31. The van der Waals surface area contributed by atoms with Gasteiger partial charge in [0.2, 0.25) is 0 Å². The van der Waals surface area contributed by atoms with Crippen molar-refractivity contribution in [2.75, 3.05) is 20.1 Å². The molecule has 0 unspecified atom stereocenters. The average Bonchev–Trinajstić information content (AvgIpc) is 2.78. The van der Waals surface area contributed by atoms with E-state index in [2.05, 4.69) is 34.6 Å². The number of thiazole rings is 1. The van der Waals surface area contributed by atoms with Gasteiger partial charge in [-0.2, -0.15) is 0 Å². The Morgan fingerprint density at radius 3 is 2.76 bits per heavy atom. The van der Waals surface area contributed by atoms with Crippen LogP contribution in [0.1, 0.15) is 30.5 Å². The van der Waals surface area contributed by atoms with E-state index in [9.17, 15) is 0 Å². The molecule has 1 N–H and O–H groups in total. The molecule has 3 nitrogen and oxygen atoms in total. The van der Waals surface area contributed by atoms with E-state index in [1.807, 2.05) is 0 Å². The van der Waals surface area contributed by atoms with Crippen LogP contribution in [0, 0.1) is 0 Å². The fraction of sp³-hybridized carbons (Fsp3) is 0.750. The number of hydrogen-bond donors (Lipinski definition) is 1. The van der Waals surface area contributed by atoms with E-state index < -0.39 is 0 Å². The Kier molecular flexibility index (Phi) is 6.41. The lowest BCUT2D eigenvalue weighted by atomic mass is 10.1. The van der Waals surface area contributed by atoms with Crippen LogP contribution in [0.25, 0.3) is 0 Å². The van der Waals surface area contributed by atoms with Crippen LogP contribution in [0.3, 0.4) is 0 Å². The second-order valence-corrected chi connectivity index (χ2v) is 5.43. The summed E-state index contributed by atoms with van der Waals surface area (Å²) >= 11 is 1.79. The maximum absolute atomic E-state index is 4.62. The fourth-order valence-electron chi connectivity index (χ4n) is 2.22. The zero-order valence-electron chi connectivity index (χ0n) is 10.6. The first-order valence-electron chi connectivity index (χ1n) is 6.14. The van der Waals surface area contributed by atoms with Gasteiger partial charge in [-0.05, 0) is 39.4 Å². The van der Waals surface area contributed by atoms with Crippen LogP contribution in [-0.4, -0.2) is 36.1 Å². The predicted molar refractivity (Wildman–Crippen MR) is 76.1 cm³/mol. The summed E-state index contributed by atoms with van der Waals surface area (Å²) in [6, 6.07) is 0.730. The summed E-state index contributed by atoms with van der Waals surface area (Å²) in [6.45, 7) is 5.48. The molecule has 0 atom stereocenters. The molecule has 0 radical (unpaired) electrons. The van der Waals surface area contributed by atoms with Crippen LogP contribution in [-0.2, 0) is 13.0 Å². The van der Waals surface area contributed by atoms with Gasteiger partial charge < -0.3 is 5.32 Å². The Labute approximate surface area is 114 Å². The van der Waals surface area contributed by atoms with Gasteiger partial charge in [-0.15, -0.1) is 23.7 Å². The molecular formula is C12H22ClN3S. The maximum Gasteiger partial charge on any atom is 0.0926 e. The Morgan fingerprint density at radius 2 is 2.18 bits per heavy atom. The number of piperidine rings is 1. The summed E-state index contributed by atoms with van der Waals surface area (Å²) < 4.78 is 0. The molecule has 1 aliphatic rings. The zero-order valence-corrected chi connectivity index (χ0v) is 12.2. The quantitative estimate of drug-likeness (QED) is 0.914. The molecule has 1 saturated heterocycles. The number of rotatable bonds is 4. The number of hydrogen-bond acceptors (Lipinski definition) is 4. The average molecular weight is 276 g/mol. The molecule has 0 amide bonds. The van der Waals surface area contributed by atoms with E-state index in [1.165, 1.54) is 23.5 Å². The minimum absolute atomic E-state index is 0. The van der Waals surface area contributed by atoms with Crippen molar-refractivity contribution in [2.45, 2.75) is 38.8 Å². The lowest BCUT2D eigenvalue weighted by Crippen LogP contribution is -2.40. The van der Waals surface area contributed by atoms with Crippen molar-refractivity contribution in [3.63, 3.8) is 0 Å². The van der Waals surface area contributed by atoms with Gasteiger partial charge in [0, 0.05) is 18.0 Å². The maximum atomic E-state index is 4.62. The largest absolute Gasteiger partial charge is 0.317 e. The van der Waals surface area contributed by atoms with E-state index in [0.717, 1.165) is 32.1 Å². The Hall–Kier alpha value is -0.160. The minimum atomic E-state index is 0. The van der Waals surface area contributed by atoms with Gasteiger partial charge in [0.25, 0.3) is 0 Å². The molecule has 0 aromatic carbocycles. The molecule has 98 valence electrons. The number of aromatic nitrogens is 1. The van der Waals surface area contributed by atoms with Gasteiger partial charge in [0.15, 0.2) is 0 Å². The molecule has 2 heterocycles. The smallest absolute Gasteiger partial charge is 0.0926 e. The van der Waals surface area contributed by atoms with Crippen molar-refractivity contribution >= 4 is 23.7 Å². The zero-order chi connectivity index (χ0) is 11.4. The molecule has 0 bridgehead atoms. The molecule has 1 aromatic rings. The van der Waals surface area contributed by atoms with Gasteiger partial charge in [0.1, 0.15) is 0 Å². The van der Waals surface area contributed by atoms with E-state index in [-0.39, 0.29) is 12.4 Å². The van der Waals surface area contributed by atoms with E-state index in [1.54, 1.807) is 11.3 Å². The molecule has 2 rings (SSSR count). The van der Waals surface area contributed by atoms with Crippen molar-refractivity contribution in [2.24, 2.45) is 0 Å². The van der Waals surface area contributed by atoms with E-state index in [0.29, 0.717) is 0 Å². The molecule has 5 heteroatoms. The van der Waals surface area contributed by atoms with Crippen LogP contribution in [0.5, 0.6) is 0 Å². The van der Waals surface area contributed by atoms with Crippen LogP contribution < -0.4 is 5.32 Å². The van der Waals surface area contributed by atoms with Gasteiger partial charge in [-0.25, -0.2) is 4.98 Å². The summed E-state index contributed by atoms with van der Waals surface area (Å²) in [5, 5.41) is 6.87. The Balaban J connectivity index is 0.00000144. The van der Waals surface area contributed by atoms with Crippen molar-refractivity contribution in [3.8, 4) is 0 Å². The number of aryl methyl sites for hydroxylation is 1. The van der Waals surface area contributed by atoms with E-state index in [4.69, 9.17) is 0 Å². The van der Waals surface area contributed by atoms with Crippen LogP contribution >= 0.6 is 23.7 Å². The first-order valence-corrected chi connectivity index (χ1v) is 7.01. The Morgan fingerprint density at radius 1 is 1.47 bits per heavy atom. The van der Waals surface area contributed by atoms with E-state index >= 15 is 0 Å². The predicted octanol–water partition coefficient (Wildman–Crippen LogP) is 2.31. The van der Waals surface area contributed by atoms with Crippen molar-refractivity contribution in [1.82, 2.24) is 15.2 Å². The highest BCUT2D eigenvalue weighted by Gasteiger charge is 2.18. The van der Waals surface area contributed by atoms with Crippen molar-refractivity contribution in [1.29, 1.82) is 0 Å². The lowest BCUT2D eigenvalue weighted by molar-refractivity contribution is 0.190. The summed E-state index contributed by atoms with van der Waals surface area (Å²) in [6.07, 6.45) is 3.59. The second kappa shape index (κ2) is 7.31. The topological polar surface area (TPSA) is 28.2 Å². The first kappa shape index (κ1) is 14.9. The highest BCUT2D eigenvalue weighted by atomic mass is 35.5. The van der Waals surface area contributed by atoms with Crippen LogP contribution in [0.15, 0.2) is 5.38 Å². The van der Waals surface area contributed by atoms with Crippen molar-refractivity contribution in [3.05, 3.63) is 16.1 Å². The SMILES string of the molecule is CCc1nc(CN(C)C2CCNCC2)cs1.Cl. The van der Waals surface area contributed by atoms with Gasteiger partial charge in [0.05, 0.1) is 10.7 Å². The van der Waals surface area contributed by atoms with Crippen LogP contribution in [0.2, 0.25) is 0 Å². The molecule has 1 fully saturated rings. The molecular weight excluding hydrogens is 254 g/mol. The van der Waals surface area contributed by atoms with Crippen molar-refractivity contribution < 1.29 is 0 Å². The summed E-state index contributed by atoms with van der Waals surface area (Å²) in [4.78, 5) is 7.08. The summed E-state index contributed by atoms with van der Waals surface area (Å²) in [5.74, 6) is 0. The molecule has 1 aromatic heterocycles. The minimum Gasteiger partial charge on any atom is -0.317 e. The summed E-state index contributed by atoms with van der Waals surface area (Å²) in [5.41, 5.74) is 1.24. The molecule has 0 aliphatic carbocycles. The van der Waals surface area contributed by atoms with Gasteiger partial charge in [-0.3, -0.25) is 4.90 Å². The third-order valence-corrected chi connectivity index (χ3v) is 4.29. The number of halogens is 1. The number of nitrogens with one attached hydrogen (secondary N) is 1. The first-order chi connectivity index (χ1) is 7.79. The molecule has 0 spiro atoms. The second-order valence-electron chi connectivity index (χ2n) is 4.48. The van der Waals surface area contributed by atoms with Gasteiger partial charge >= 0.3 is 0 Å². The van der Waals surface area contributed by atoms with Gasteiger partial charge in [-0.1, -0.05) is 6.92 Å². The third-order valence-electron chi connectivity index (χ3n) is 3.25. The number of nitrogens with zero attached hydrogens (tertiary/aromatic N) is 2. The standard InChI is InChI=1S/C12H21N3S.ClH/c1-3-12-14-10(9-16-12)8-15(2)11-4-6-13-7-5-11;/h9,11,13H,3-8H2,1-2H3;1H.